The normalized spacial score (nSPS) is 16.6. The van der Waals surface area contributed by atoms with Crippen LogP contribution in [0, 0.1) is 5.82 Å². The van der Waals surface area contributed by atoms with Gasteiger partial charge in [-0.1, -0.05) is 17.7 Å². The maximum absolute atomic E-state index is 13.5. The Labute approximate surface area is 158 Å². The Bertz CT molecular complexity index is 884. The molecule has 0 aromatic heterocycles. The predicted molar refractivity (Wildman–Crippen MR) is 98.4 cm³/mol. The third kappa shape index (κ3) is 4.17. The summed E-state index contributed by atoms with van der Waals surface area (Å²) in [5, 5.41) is 0.392. The third-order valence-electron chi connectivity index (χ3n) is 4.40. The largest absolute Gasteiger partial charge is 0.496 e. The molecule has 0 spiro atoms. The first-order chi connectivity index (χ1) is 12.4. The number of nitrogens with zero attached hydrogens (tertiary/aromatic N) is 2. The quantitative estimate of drug-likeness (QED) is 0.777. The second kappa shape index (κ2) is 7.92. The van der Waals surface area contributed by atoms with Gasteiger partial charge in [0, 0.05) is 43.3 Å². The summed E-state index contributed by atoms with van der Waals surface area (Å²) in [6.45, 7) is 2.35. The lowest BCUT2D eigenvalue weighted by Crippen LogP contribution is -2.48. The van der Waals surface area contributed by atoms with Gasteiger partial charge >= 0.3 is 0 Å². The summed E-state index contributed by atoms with van der Waals surface area (Å²) in [6, 6.07) is 10.7. The number of sulfonamides is 1. The fourth-order valence-electron chi connectivity index (χ4n) is 3.02. The van der Waals surface area contributed by atoms with Gasteiger partial charge in [0.2, 0.25) is 10.0 Å². The Morgan fingerprint density at radius 1 is 1.12 bits per heavy atom. The molecule has 2 aromatic carbocycles. The molecule has 1 fully saturated rings. The summed E-state index contributed by atoms with van der Waals surface area (Å²) >= 11 is 5.91. The molecule has 0 aliphatic carbocycles. The maximum Gasteiger partial charge on any atom is 0.243 e. The van der Waals surface area contributed by atoms with Crippen molar-refractivity contribution in [2.45, 2.75) is 11.4 Å². The molecule has 5 nitrogen and oxygen atoms in total. The van der Waals surface area contributed by atoms with E-state index < -0.39 is 10.0 Å². The van der Waals surface area contributed by atoms with Gasteiger partial charge in [-0.3, -0.25) is 4.90 Å². The smallest absolute Gasteiger partial charge is 0.243 e. The van der Waals surface area contributed by atoms with Crippen LogP contribution in [0.15, 0.2) is 47.4 Å². The van der Waals surface area contributed by atoms with E-state index in [0.29, 0.717) is 43.5 Å². The van der Waals surface area contributed by atoms with Crippen LogP contribution >= 0.6 is 11.6 Å². The average Bonchev–Trinajstić information content (AvgIpc) is 2.62. The van der Waals surface area contributed by atoms with Gasteiger partial charge in [0.15, 0.2) is 0 Å². The zero-order chi connectivity index (χ0) is 18.7. The molecule has 0 unspecified atom stereocenters. The van der Waals surface area contributed by atoms with Gasteiger partial charge in [-0.2, -0.15) is 4.31 Å². The molecule has 26 heavy (non-hydrogen) atoms. The van der Waals surface area contributed by atoms with Crippen LogP contribution in [-0.4, -0.2) is 50.9 Å². The van der Waals surface area contributed by atoms with E-state index in [-0.39, 0.29) is 10.7 Å². The molecule has 0 saturated carbocycles. The molecule has 1 heterocycles. The number of hydrogen-bond acceptors (Lipinski definition) is 4. The number of rotatable bonds is 5. The molecule has 140 valence electrons. The van der Waals surface area contributed by atoms with E-state index in [1.54, 1.807) is 31.4 Å². The predicted octanol–water partition coefficient (Wildman–Crippen LogP) is 2.99. The van der Waals surface area contributed by atoms with Crippen LogP contribution < -0.4 is 4.74 Å². The first-order valence-electron chi connectivity index (χ1n) is 8.20. The van der Waals surface area contributed by atoms with Crippen LogP contribution in [0.2, 0.25) is 5.02 Å². The molecular formula is C18H20ClFN2O3S. The zero-order valence-corrected chi connectivity index (χ0v) is 15.9. The minimum absolute atomic E-state index is 0.199. The van der Waals surface area contributed by atoms with Crippen LogP contribution in [0.4, 0.5) is 4.39 Å². The lowest BCUT2D eigenvalue weighted by Gasteiger charge is -2.34. The molecule has 0 bridgehead atoms. The second-order valence-corrected chi connectivity index (χ2v) is 8.47. The first kappa shape index (κ1) is 19.1. The van der Waals surface area contributed by atoms with Gasteiger partial charge in [0.1, 0.15) is 11.6 Å². The van der Waals surface area contributed by atoms with Crippen molar-refractivity contribution in [2.24, 2.45) is 0 Å². The van der Waals surface area contributed by atoms with E-state index in [4.69, 9.17) is 16.3 Å². The van der Waals surface area contributed by atoms with E-state index in [1.807, 2.05) is 0 Å². The molecule has 0 amide bonds. The Balaban J connectivity index is 1.67. The molecular weight excluding hydrogens is 379 g/mol. The third-order valence-corrected chi connectivity index (χ3v) is 6.53. The lowest BCUT2D eigenvalue weighted by molar-refractivity contribution is 0.180. The van der Waals surface area contributed by atoms with Crippen molar-refractivity contribution >= 4 is 21.6 Å². The summed E-state index contributed by atoms with van der Waals surface area (Å²) in [6.07, 6.45) is 0. The zero-order valence-electron chi connectivity index (χ0n) is 14.4. The molecule has 0 radical (unpaired) electrons. The number of benzene rings is 2. The Morgan fingerprint density at radius 3 is 2.50 bits per heavy atom. The average molecular weight is 399 g/mol. The SMILES string of the molecule is COc1ccc(F)cc1CN1CCN(S(=O)(=O)c2cccc(Cl)c2)CC1. The number of ether oxygens (including phenoxy) is 1. The van der Waals surface area contributed by atoms with Gasteiger partial charge < -0.3 is 4.74 Å². The summed E-state index contributed by atoms with van der Waals surface area (Å²) in [7, 11) is -2.01. The summed E-state index contributed by atoms with van der Waals surface area (Å²) in [5.74, 6) is 0.309. The highest BCUT2D eigenvalue weighted by atomic mass is 35.5. The van der Waals surface area contributed by atoms with E-state index in [0.717, 1.165) is 5.56 Å². The van der Waals surface area contributed by atoms with Crippen LogP contribution in [0.1, 0.15) is 5.56 Å². The van der Waals surface area contributed by atoms with Gasteiger partial charge in [-0.05, 0) is 36.4 Å². The van der Waals surface area contributed by atoms with Crippen molar-refractivity contribution in [1.29, 1.82) is 0 Å². The topological polar surface area (TPSA) is 49.9 Å². The van der Waals surface area contributed by atoms with E-state index in [1.165, 1.54) is 22.5 Å². The highest BCUT2D eigenvalue weighted by Gasteiger charge is 2.28. The summed E-state index contributed by atoms with van der Waals surface area (Å²) in [4.78, 5) is 2.28. The van der Waals surface area contributed by atoms with Gasteiger partial charge in [0.25, 0.3) is 0 Å². The molecule has 2 aromatic rings. The monoisotopic (exact) mass is 398 g/mol. The minimum Gasteiger partial charge on any atom is -0.496 e. The molecule has 8 heteroatoms. The fourth-order valence-corrected chi connectivity index (χ4v) is 4.74. The summed E-state index contributed by atoms with van der Waals surface area (Å²) < 4.78 is 45.7. The van der Waals surface area contributed by atoms with Crippen LogP contribution in [0.5, 0.6) is 5.75 Å². The minimum atomic E-state index is -3.56. The Hall–Kier alpha value is -1.67. The van der Waals surface area contributed by atoms with Crippen molar-refractivity contribution in [3.05, 3.63) is 58.9 Å². The number of halogens is 2. The molecule has 3 rings (SSSR count). The highest BCUT2D eigenvalue weighted by Crippen LogP contribution is 2.24. The Morgan fingerprint density at radius 2 is 1.85 bits per heavy atom. The van der Waals surface area contributed by atoms with Crippen molar-refractivity contribution in [3.63, 3.8) is 0 Å². The number of methoxy groups -OCH3 is 1. The lowest BCUT2D eigenvalue weighted by atomic mass is 10.1. The number of hydrogen-bond donors (Lipinski definition) is 0. The van der Waals surface area contributed by atoms with Gasteiger partial charge in [-0.25, -0.2) is 12.8 Å². The van der Waals surface area contributed by atoms with Crippen LogP contribution in [-0.2, 0) is 16.6 Å². The first-order valence-corrected chi connectivity index (χ1v) is 10.0. The summed E-state index contributed by atoms with van der Waals surface area (Å²) in [5.41, 5.74) is 0.749. The Kier molecular flexibility index (Phi) is 5.82. The highest BCUT2D eigenvalue weighted by molar-refractivity contribution is 7.89. The van der Waals surface area contributed by atoms with Crippen LogP contribution in [0.25, 0.3) is 0 Å². The molecule has 0 N–H and O–H groups in total. The molecule has 1 saturated heterocycles. The van der Waals surface area contributed by atoms with E-state index in [2.05, 4.69) is 4.90 Å². The molecule has 1 aliphatic heterocycles. The standard InChI is InChI=1S/C18H20ClFN2O3S/c1-25-18-6-5-16(20)11-14(18)13-21-7-9-22(10-8-21)26(23,24)17-4-2-3-15(19)12-17/h2-6,11-12H,7-10,13H2,1H3. The fraction of sp³-hybridized carbons (Fsp3) is 0.333. The molecule has 1 aliphatic rings. The maximum atomic E-state index is 13.5. The second-order valence-electron chi connectivity index (χ2n) is 6.09. The van der Waals surface area contributed by atoms with Crippen molar-refractivity contribution in [2.75, 3.05) is 33.3 Å². The van der Waals surface area contributed by atoms with Crippen LogP contribution in [0.3, 0.4) is 0 Å². The van der Waals surface area contributed by atoms with Crippen molar-refractivity contribution in [1.82, 2.24) is 9.21 Å². The number of piperazine rings is 1. The van der Waals surface area contributed by atoms with Crippen molar-refractivity contribution in [3.8, 4) is 5.75 Å². The van der Waals surface area contributed by atoms with E-state index in [9.17, 15) is 12.8 Å². The van der Waals surface area contributed by atoms with E-state index >= 15 is 0 Å². The van der Waals surface area contributed by atoms with Crippen molar-refractivity contribution < 1.29 is 17.5 Å². The molecule has 0 atom stereocenters. The van der Waals surface area contributed by atoms with Gasteiger partial charge in [0.05, 0.1) is 12.0 Å². The van der Waals surface area contributed by atoms with Gasteiger partial charge in [-0.15, -0.1) is 0 Å².